The molecular weight excluding hydrogens is 222 g/mol. The number of likely N-dealkylation sites (N-methyl/N-ethyl adjacent to an activating group) is 1. The lowest BCUT2D eigenvalue weighted by Crippen LogP contribution is -2.44. The van der Waals surface area contributed by atoms with Crippen LogP contribution in [0.5, 0.6) is 5.75 Å². The summed E-state index contributed by atoms with van der Waals surface area (Å²) in [5.74, 6) is 1.00. The maximum atomic E-state index is 6.00. The van der Waals surface area contributed by atoms with Crippen molar-refractivity contribution in [1.82, 2.24) is 5.32 Å². The molecule has 1 unspecified atom stereocenters. The van der Waals surface area contributed by atoms with Gasteiger partial charge in [0.2, 0.25) is 0 Å². The Hall–Kier alpha value is -1.02. The Labute approximate surface area is 112 Å². The molecule has 1 aromatic rings. The van der Waals surface area contributed by atoms with E-state index in [0.717, 1.165) is 12.3 Å². The minimum atomic E-state index is 0.202. The van der Waals surface area contributed by atoms with E-state index in [1.807, 2.05) is 0 Å². The van der Waals surface area contributed by atoms with Crippen LogP contribution in [-0.2, 0) is 0 Å². The van der Waals surface area contributed by atoms with Crippen molar-refractivity contribution in [1.29, 1.82) is 0 Å². The van der Waals surface area contributed by atoms with E-state index in [9.17, 15) is 0 Å². The van der Waals surface area contributed by atoms with Crippen LogP contribution in [0.2, 0.25) is 0 Å². The van der Waals surface area contributed by atoms with Gasteiger partial charge in [-0.2, -0.15) is 0 Å². The van der Waals surface area contributed by atoms with E-state index < -0.39 is 0 Å². The number of benzene rings is 1. The van der Waals surface area contributed by atoms with Crippen LogP contribution in [0.1, 0.15) is 38.8 Å². The average molecular weight is 249 g/mol. The van der Waals surface area contributed by atoms with Crippen molar-refractivity contribution in [2.75, 3.05) is 13.2 Å². The van der Waals surface area contributed by atoms with Gasteiger partial charge in [-0.05, 0) is 43.0 Å². The van der Waals surface area contributed by atoms with Gasteiger partial charge in [-0.1, -0.05) is 39.8 Å². The largest absolute Gasteiger partial charge is 0.492 e. The first-order chi connectivity index (χ1) is 8.34. The number of nitrogens with one attached hydrogen (secondary N) is 1. The van der Waals surface area contributed by atoms with Gasteiger partial charge in [0, 0.05) is 6.04 Å². The first-order valence-electron chi connectivity index (χ1n) is 6.78. The fourth-order valence-electron chi connectivity index (χ4n) is 1.90. The van der Waals surface area contributed by atoms with Gasteiger partial charge in [0.1, 0.15) is 12.4 Å². The Morgan fingerprint density at radius 3 is 2.44 bits per heavy atom. The van der Waals surface area contributed by atoms with Crippen LogP contribution in [0.3, 0.4) is 0 Å². The lowest BCUT2D eigenvalue weighted by atomic mass is 9.87. The van der Waals surface area contributed by atoms with Gasteiger partial charge in [-0.15, -0.1) is 0 Å². The van der Waals surface area contributed by atoms with Gasteiger partial charge >= 0.3 is 0 Å². The van der Waals surface area contributed by atoms with E-state index >= 15 is 0 Å². The fraction of sp³-hybridized carbons (Fsp3) is 0.625. The molecule has 0 spiro atoms. The van der Waals surface area contributed by atoms with Crippen LogP contribution in [0, 0.1) is 19.3 Å². The predicted octanol–water partition coefficient (Wildman–Crippen LogP) is 3.71. The molecule has 0 saturated carbocycles. The molecule has 1 N–H and O–H groups in total. The van der Waals surface area contributed by atoms with E-state index in [-0.39, 0.29) is 5.41 Å². The summed E-state index contributed by atoms with van der Waals surface area (Å²) in [5.41, 5.74) is 2.64. The van der Waals surface area contributed by atoms with Gasteiger partial charge in [-0.3, -0.25) is 0 Å². The summed E-state index contributed by atoms with van der Waals surface area (Å²) in [6.07, 6.45) is 0. The second-order valence-corrected chi connectivity index (χ2v) is 6.06. The maximum absolute atomic E-state index is 6.00. The molecule has 0 aromatic heterocycles. The molecule has 102 valence electrons. The highest BCUT2D eigenvalue weighted by Gasteiger charge is 2.24. The van der Waals surface area contributed by atoms with Crippen molar-refractivity contribution < 1.29 is 4.74 Å². The molecular formula is C16H27NO. The molecule has 0 saturated heterocycles. The third kappa shape index (κ3) is 4.34. The van der Waals surface area contributed by atoms with Crippen molar-refractivity contribution in [3.63, 3.8) is 0 Å². The van der Waals surface area contributed by atoms with Crippen molar-refractivity contribution in [3.8, 4) is 5.75 Å². The normalized spacial score (nSPS) is 13.4. The fourth-order valence-corrected chi connectivity index (χ4v) is 1.90. The molecule has 1 aromatic carbocycles. The molecule has 0 radical (unpaired) electrons. The quantitative estimate of drug-likeness (QED) is 0.859. The zero-order valence-corrected chi connectivity index (χ0v) is 12.6. The van der Waals surface area contributed by atoms with Crippen molar-refractivity contribution in [3.05, 3.63) is 29.3 Å². The van der Waals surface area contributed by atoms with Gasteiger partial charge in [0.05, 0.1) is 0 Å². The van der Waals surface area contributed by atoms with Crippen molar-refractivity contribution >= 4 is 0 Å². The Morgan fingerprint density at radius 1 is 1.22 bits per heavy atom. The summed E-state index contributed by atoms with van der Waals surface area (Å²) in [6, 6.07) is 6.71. The minimum Gasteiger partial charge on any atom is -0.492 e. The standard InChI is InChI=1S/C16H27NO/c1-7-17-15(16(4,5)6)11-18-14-10-12(2)8-9-13(14)3/h8-10,15,17H,7,11H2,1-6H3. The first-order valence-corrected chi connectivity index (χ1v) is 6.78. The molecule has 0 aliphatic heterocycles. The van der Waals surface area contributed by atoms with Crippen LogP contribution >= 0.6 is 0 Å². The molecule has 18 heavy (non-hydrogen) atoms. The lowest BCUT2D eigenvalue weighted by molar-refractivity contribution is 0.175. The van der Waals surface area contributed by atoms with Crippen LogP contribution in [0.25, 0.3) is 0 Å². The zero-order valence-electron chi connectivity index (χ0n) is 12.6. The summed E-state index contributed by atoms with van der Waals surface area (Å²) < 4.78 is 6.00. The minimum absolute atomic E-state index is 0.202. The monoisotopic (exact) mass is 249 g/mol. The molecule has 2 heteroatoms. The number of hydrogen-bond acceptors (Lipinski definition) is 2. The van der Waals surface area contributed by atoms with Crippen molar-refractivity contribution in [2.45, 2.75) is 47.6 Å². The molecule has 0 aliphatic carbocycles. The molecule has 0 aliphatic rings. The van der Waals surface area contributed by atoms with E-state index in [1.54, 1.807) is 0 Å². The van der Waals surface area contributed by atoms with Gasteiger partial charge in [0.25, 0.3) is 0 Å². The predicted molar refractivity (Wildman–Crippen MR) is 78.3 cm³/mol. The number of hydrogen-bond donors (Lipinski definition) is 1. The second-order valence-electron chi connectivity index (χ2n) is 6.06. The summed E-state index contributed by atoms with van der Waals surface area (Å²) >= 11 is 0. The van der Waals surface area contributed by atoms with Gasteiger partial charge in [-0.25, -0.2) is 0 Å². The maximum Gasteiger partial charge on any atom is 0.122 e. The molecule has 1 atom stereocenters. The SMILES string of the molecule is CCNC(COc1cc(C)ccc1C)C(C)(C)C. The molecule has 0 amide bonds. The average Bonchev–Trinajstić information content (AvgIpc) is 2.27. The van der Waals surface area contributed by atoms with Crippen LogP contribution in [0.15, 0.2) is 18.2 Å². The Bertz CT molecular complexity index is 379. The van der Waals surface area contributed by atoms with E-state index in [2.05, 4.69) is 65.1 Å². The van der Waals surface area contributed by atoms with E-state index in [1.165, 1.54) is 11.1 Å². The zero-order chi connectivity index (χ0) is 13.8. The number of aryl methyl sites for hydroxylation is 2. The second kappa shape index (κ2) is 6.24. The van der Waals surface area contributed by atoms with Gasteiger partial charge in [0.15, 0.2) is 0 Å². The lowest BCUT2D eigenvalue weighted by Gasteiger charge is -2.31. The Morgan fingerprint density at radius 2 is 1.89 bits per heavy atom. The first kappa shape index (κ1) is 15.0. The molecule has 1 rings (SSSR count). The molecule has 0 heterocycles. The third-order valence-corrected chi connectivity index (χ3v) is 3.25. The van der Waals surface area contributed by atoms with Crippen LogP contribution < -0.4 is 10.1 Å². The molecule has 0 bridgehead atoms. The highest BCUT2D eigenvalue weighted by atomic mass is 16.5. The number of rotatable bonds is 5. The Kier molecular flexibility index (Phi) is 5.21. The smallest absolute Gasteiger partial charge is 0.122 e. The highest BCUT2D eigenvalue weighted by Crippen LogP contribution is 2.23. The van der Waals surface area contributed by atoms with Crippen molar-refractivity contribution in [2.24, 2.45) is 5.41 Å². The summed E-state index contributed by atoms with van der Waals surface area (Å²) in [5, 5.41) is 3.50. The highest BCUT2D eigenvalue weighted by molar-refractivity contribution is 5.36. The van der Waals surface area contributed by atoms with E-state index in [4.69, 9.17) is 4.74 Å². The number of ether oxygens (including phenoxy) is 1. The van der Waals surface area contributed by atoms with Crippen LogP contribution in [0.4, 0.5) is 0 Å². The summed E-state index contributed by atoms with van der Waals surface area (Å²) in [7, 11) is 0. The Balaban J connectivity index is 2.70. The summed E-state index contributed by atoms with van der Waals surface area (Å²) in [4.78, 5) is 0. The molecule has 2 nitrogen and oxygen atoms in total. The van der Waals surface area contributed by atoms with E-state index in [0.29, 0.717) is 12.6 Å². The van der Waals surface area contributed by atoms with Gasteiger partial charge < -0.3 is 10.1 Å². The third-order valence-electron chi connectivity index (χ3n) is 3.25. The topological polar surface area (TPSA) is 21.3 Å². The molecule has 0 fully saturated rings. The summed E-state index contributed by atoms with van der Waals surface area (Å²) in [6.45, 7) is 14.7. The van der Waals surface area contributed by atoms with Crippen LogP contribution in [-0.4, -0.2) is 19.2 Å².